The molecule has 6 nitrogen and oxygen atoms in total. The van der Waals surface area contributed by atoms with Crippen molar-refractivity contribution in [2.45, 2.75) is 44.9 Å². The number of rotatable bonds is 10. The Labute approximate surface area is 201 Å². The summed E-state index contributed by atoms with van der Waals surface area (Å²) in [6.07, 6.45) is 11.6. The van der Waals surface area contributed by atoms with Crippen LogP contribution in [0.2, 0.25) is 0 Å². The number of hydrogen-bond acceptors (Lipinski definition) is 6. The third-order valence-electron chi connectivity index (χ3n) is 6.14. The maximum Gasteiger partial charge on any atom is 0.330 e. The number of ether oxygens (including phenoxy) is 2. The van der Waals surface area contributed by atoms with E-state index in [1.165, 1.54) is 6.08 Å². The quantitative estimate of drug-likeness (QED) is 0.163. The van der Waals surface area contributed by atoms with Crippen molar-refractivity contribution < 1.29 is 19.1 Å². The van der Waals surface area contributed by atoms with Gasteiger partial charge in [0.25, 0.3) is 0 Å². The van der Waals surface area contributed by atoms with Crippen molar-refractivity contribution in [2.75, 3.05) is 18.1 Å². The molecule has 0 saturated heterocycles. The molecule has 0 heterocycles. The number of nitrogen functional groups attached to an aromatic ring is 2. The number of allylic oxidation sites excluding steroid dienone is 1. The Morgan fingerprint density at radius 3 is 2.32 bits per heavy atom. The molecule has 34 heavy (non-hydrogen) atoms. The van der Waals surface area contributed by atoms with Gasteiger partial charge in [0.15, 0.2) is 0 Å². The molecule has 4 N–H and O–H groups in total. The van der Waals surface area contributed by atoms with Gasteiger partial charge in [-0.15, -0.1) is 6.58 Å². The molecule has 0 atom stereocenters. The lowest BCUT2D eigenvalue weighted by atomic mass is 9.80. The van der Waals surface area contributed by atoms with Crippen LogP contribution in [0.1, 0.15) is 49.7 Å². The largest absolute Gasteiger partial charge is 0.462 e. The zero-order valence-corrected chi connectivity index (χ0v) is 19.6. The maximum absolute atomic E-state index is 12.5. The van der Waals surface area contributed by atoms with Gasteiger partial charge in [0.1, 0.15) is 5.75 Å². The normalized spacial score (nSPS) is 17.9. The molecule has 3 rings (SSSR count). The average molecular weight is 463 g/mol. The molecule has 0 aliphatic heterocycles. The lowest BCUT2D eigenvalue weighted by Gasteiger charge is -2.26. The van der Waals surface area contributed by atoms with Gasteiger partial charge in [-0.05, 0) is 92.0 Å². The SMILES string of the molecule is C=CCCC1CCC(C(=O)Oc2ccc(/C=C/C(=O)OCCc3cc(N)cc(N)c3)cc2)CC1. The number of anilines is 2. The van der Waals surface area contributed by atoms with Gasteiger partial charge in [-0.25, -0.2) is 4.79 Å². The van der Waals surface area contributed by atoms with Crippen molar-refractivity contribution in [3.8, 4) is 5.75 Å². The molecule has 1 aliphatic carbocycles. The molecule has 0 amide bonds. The van der Waals surface area contributed by atoms with Crippen molar-refractivity contribution in [3.05, 3.63) is 72.3 Å². The summed E-state index contributed by atoms with van der Waals surface area (Å²) in [6, 6.07) is 12.4. The van der Waals surface area contributed by atoms with E-state index in [9.17, 15) is 9.59 Å². The van der Waals surface area contributed by atoms with Gasteiger partial charge in [-0.2, -0.15) is 0 Å². The molecule has 0 bridgehead atoms. The average Bonchev–Trinajstić information content (AvgIpc) is 2.82. The first-order valence-electron chi connectivity index (χ1n) is 11.9. The highest BCUT2D eigenvalue weighted by molar-refractivity contribution is 5.87. The third kappa shape index (κ3) is 8.10. The summed E-state index contributed by atoms with van der Waals surface area (Å²) in [5.74, 6) is 0.584. The molecule has 2 aromatic carbocycles. The Bertz CT molecular complexity index is 985. The Balaban J connectivity index is 1.40. The minimum atomic E-state index is -0.434. The van der Waals surface area contributed by atoms with E-state index in [-0.39, 0.29) is 18.5 Å². The molecule has 180 valence electrons. The highest BCUT2D eigenvalue weighted by Crippen LogP contribution is 2.32. The van der Waals surface area contributed by atoms with E-state index in [0.29, 0.717) is 29.5 Å². The van der Waals surface area contributed by atoms with E-state index < -0.39 is 5.97 Å². The van der Waals surface area contributed by atoms with Crippen LogP contribution in [0, 0.1) is 11.8 Å². The van der Waals surface area contributed by atoms with Crippen molar-refractivity contribution >= 4 is 29.4 Å². The van der Waals surface area contributed by atoms with E-state index >= 15 is 0 Å². The molecule has 6 heteroatoms. The second-order valence-corrected chi connectivity index (χ2v) is 8.83. The van der Waals surface area contributed by atoms with Crippen LogP contribution in [0.15, 0.2) is 61.2 Å². The minimum Gasteiger partial charge on any atom is -0.462 e. The first-order chi connectivity index (χ1) is 16.4. The summed E-state index contributed by atoms with van der Waals surface area (Å²) in [7, 11) is 0. The summed E-state index contributed by atoms with van der Waals surface area (Å²) in [4.78, 5) is 24.5. The van der Waals surface area contributed by atoms with Crippen molar-refractivity contribution in [1.29, 1.82) is 0 Å². The van der Waals surface area contributed by atoms with Crippen LogP contribution < -0.4 is 16.2 Å². The predicted octanol–water partition coefficient (Wildman–Crippen LogP) is 5.33. The lowest BCUT2D eigenvalue weighted by Crippen LogP contribution is -2.25. The summed E-state index contributed by atoms with van der Waals surface area (Å²) in [5.41, 5.74) is 14.4. The van der Waals surface area contributed by atoms with Gasteiger partial charge in [-0.3, -0.25) is 4.79 Å². The van der Waals surface area contributed by atoms with Gasteiger partial charge in [-0.1, -0.05) is 18.2 Å². The van der Waals surface area contributed by atoms with E-state index in [4.69, 9.17) is 20.9 Å². The summed E-state index contributed by atoms with van der Waals surface area (Å²) >= 11 is 0. The number of carbonyl (C=O) groups is 2. The summed E-state index contributed by atoms with van der Waals surface area (Å²) in [5, 5.41) is 0. The van der Waals surface area contributed by atoms with Gasteiger partial charge in [0, 0.05) is 23.9 Å². The highest BCUT2D eigenvalue weighted by Gasteiger charge is 2.27. The Morgan fingerprint density at radius 2 is 1.68 bits per heavy atom. The first-order valence-corrected chi connectivity index (χ1v) is 11.9. The zero-order chi connectivity index (χ0) is 24.3. The van der Waals surface area contributed by atoms with E-state index in [1.807, 2.05) is 18.2 Å². The van der Waals surface area contributed by atoms with Crippen LogP contribution >= 0.6 is 0 Å². The van der Waals surface area contributed by atoms with Crippen LogP contribution in [0.5, 0.6) is 5.75 Å². The second-order valence-electron chi connectivity index (χ2n) is 8.83. The Morgan fingerprint density at radius 1 is 1.00 bits per heavy atom. The fourth-order valence-electron chi connectivity index (χ4n) is 4.26. The second kappa shape index (κ2) is 12.6. The maximum atomic E-state index is 12.5. The molecule has 1 saturated carbocycles. The van der Waals surface area contributed by atoms with Crippen molar-refractivity contribution in [1.82, 2.24) is 0 Å². The van der Waals surface area contributed by atoms with Crippen LogP contribution in [0.4, 0.5) is 11.4 Å². The number of esters is 2. The molecule has 1 fully saturated rings. The standard InChI is InChI=1S/C28H34N2O4/c1-2-3-4-20-5-10-23(11-6-20)28(32)34-26-12-7-21(8-13-26)9-14-27(31)33-16-15-22-17-24(29)19-25(30)18-22/h2,7-9,12-14,17-20,23H,1,3-6,10-11,15-16,29-30H2/b14-9+. The highest BCUT2D eigenvalue weighted by atomic mass is 16.5. The molecule has 1 aliphatic rings. The topological polar surface area (TPSA) is 105 Å². The monoisotopic (exact) mass is 462 g/mol. The molecular formula is C28H34N2O4. The number of hydrogen-bond donors (Lipinski definition) is 2. The lowest BCUT2D eigenvalue weighted by molar-refractivity contribution is -0.140. The van der Waals surface area contributed by atoms with E-state index in [2.05, 4.69) is 6.58 Å². The first kappa shape index (κ1) is 25.1. The smallest absolute Gasteiger partial charge is 0.330 e. The number of nitrogens with two attached hydrogens (primary N) is 2. The molecule has 0 spiro atoms. The van der Waals surface area contributed by atoms with Crippen molar-refractivity contribution in [3.63, 3.8) is 0 Å². The zero-order valence-electron chi connectivity index (χ0n) is 19.6. The Kier molecular flexibility index (Phi) is 9.32. The van der Waals surface area contributed by atoms with Gasteiger partial charge in [0.2, 0.25) is 0 Å². The van der Waals surface area contributed by atoms with Crippen LogP contribution in [-0.2, 0) is 20.7 Å². The van der Waals surface area contributed by atoms with E-state index in [0.717, 1.165) is 49.7 Å². The van der Waals surface area contributed by atoms with Crippen LogP contribution in [-0.4, -0.2) is 18.5 Å². The van der Waals surface area contributed by atoms with Crippen molar-refractivity contribution in [2.24, 2.45) is 11.8 Å². The van der Waals surface area contributed by atoms with Gasteiger partial charge in [0.05, 0.1) is 12.5 Å². The molecular weight excluding hydrogens is 428 g/mol. The van der Waals surface area contributed by atoms with Gasteiger partial charge >= 0.3 is 11.9 Å². The summed E-state index contributed by atoms with van der Waals surface area (Å²) in [6.45, 7) is 4.01. The fraction of sp³-hybridized carbons (Fsp3) is 0.357. The van der Waals surface area contributed by atoms with Gasteiger partial charge < -0.3 is 20.9 Å². The number of carbonyl (C=O) groups excluding carboxylic acids is 2. The number of benzene rings is 2. The molecule has 0 aromatic heterocycles. The van der Waals surface area contributed by atoms with E-state index in [1.54, 1.807) is 36.4 Å². The molecule has 0 radical (unpaired) electrons. The van der Waals surface area contributed by atoms with Crippen LogP contribution in [0.25, 0.3) is 6.08 Å². The fourth-order valence-corrected chi connectivity index (χ4v) is 4.26. The molecule has 0 unspecified atom stereocenters. The minimum absolute atomic E-state index is 0.0295. The Hall–Kier alpha value is -3.54. The predicted molar refractivity (Wildman–Crippen MR) is 136 cm³/mol. The third-order valence-corrected chi connectivity index (χ3v) is 6.14. The van der Waals surface area contributed by atoms with Crippen LogP contribution in [0.3, 0.4) is 0 Å². The summed E-state index contributed by atoms with van der Waals surface area (Å²) < 4.78 is 10.8. The molecule has 2 aromatic rings.